The Balaban J connectivity index is 1.45. The number of thioether (sulfide) groups is 1. The fraction of sp³-hybridized carbons (Fsp3) is 0.240. The number of rotatable bonds is 5. The van der Waals surface area contributed by atoms with Gasteiger partial charge in [-0.1, -0.05) is 41.6 Å². The van der Waals surface area contributed by atoms with Crippen LogP contribution in [0.3, 0.4) is 0 Å². The van der Waals surface area contributed by atoms with E-state index in [0.717, 1.165) is 43.1 Å². The number of carbonyl (C=O) groups is 1. The highest BCUT2D eigenvalue weighted by Gasteiger charge is 2.39. The number of anilines is 1. The normalized spacial score (nSPS) is 21.0. The molecule has 0 bridgehead atoms. The van der Waals surface area contributed by atoms with Crippen LogP contribution in [0.2, 0.25) is 5.02 Å². The molecule has 0 radical (unpaired) electrons. The molecule has 3 aromatic rings. The number of hydrogen-bond donors (Lipinski definition) is 1. The zero-order chi connectivity index (χ0) is 22.8. The Hall–Kier alpha value is -2.32. The van der Waals surface area contributed by atoms with Gasteiger partial charge in [0, 0.05) is 23.7 Å². The van der Waals surface area contributed by atoms with Crippen LogP contribution >= 0.6 is 34.7 Å². The van der Waals surface area contributed by atoms with Crippen molar-refractivity contribution in [3.05, 3.63) is 92.2 Å². The quantitative estimate of drug-likeness (QED) is 0.479. The standard InChI is InChI=1S/C25H22ClFN2O2S2/c26-21-15-19(27)3-6-22(21)33-23-7-9-25(28-24(23)30,18-8-14-32-16-18)17-1-4-20(5-2-17)29-10-12-31-13-11-29/h1-8,14-16H,9-13H2,(H,28,30). The SMILES string of the molecule is O=C1NC(c2ccc(N3CCOCC3)cc2)(c2ccsc2)CC=C1Sc1ccc(F)cc1Cl. The van der Waals surface area contributed by atoms with Crippen molar-refractivity contribution in [2.75, 3.05) is 31.2 Å². The lowest BCUT2D eigenvalue weighted by atomic mass is 9.79. The molecule has 1 atom stereocenters. The van der Waals surface area contributed by atoms with Gasteiger partial charge < -0.3 is 15.0 Å². The van der Waals surface area contributed by atoms with E-state index in [2.05, 4.69) is 45.9 Å². The van der Waals surface area contributed by atoms with Gasteiger partial charge >= 0.3 is 0 Å². The third-order valence-corrected chi connectivity index (χ3v) is 8.26. The van der Waals surface area contributed by atoms with Crippen molar-refractivity contribution >= 4 is 46.3 Å². The lowest BCUT2D eigenvalue weighted by Gasteiger charge is -2.38. The number of hydrogen-bond acceptors (Lipinski definition) is 5. The first kappa shape index (κ1) is 22.5. The molecule has 170 valence electrons. The van der Waals surface area contributed by atoms with Crippen molar-refractivity contribution in [2.24, 2.45) is 0 Å². The number of amides is 1. The Bertz CT molecular complexity index is 1180. The molecule has 1 amide bonds. The molecule has 33 heavy (non-hydrogen) atoms. The highest BCUT2D eigenvalue weighted by Crippen LogP contribution is 2.42. The summed E-state index contributed by atoms with van der Waals surface area (Å²) >= 11 is 9.04. The lowest BCUT2D eigenvalue weighted by molar-refractivity contribution is -0.118. The molecule has 8 heteroatoms. The van der Waals surface area contributed by atoms with E-state index in [4.69, 9.17) is 16.3 Å². The van der Waals surface area contributed by atoms with Crippen molar-refractivity contribution in [2.45, 2.75) is 16.9 Å². The molecule has 1 aromatic heterocycles. The van der Waals surface area contributed by atoms with E-state index >= 15 is 0 Å². The monoisotopic (exact) mass is 500 g/mol. The minimum atomic E-state index is -0.642. The Morgan fingerprint density at radius 3 is 2.55 bits per heavy atom. The van der Waals surface area contributed by atoms with Gasteiger partial charge in [-0.3, -0.25) is 4.79 Å². The van der Waals surface area contributed by atoms with Gasteiger partial charge in [0.15, 0.2) is 0 Å². The van der Waals surface area contributed by atoms with E-state index in [-0.39, 0.29) is 5.91 Å². The number of carbonyl (C=O) groups excluding carboxylic acids is 1. The predicted molar refractivity (Wildman–Crippen MR) is 133 cm³/mol. The summed E-state index contributed by atoms with van der Waals surface area (Å²) in [5, 5.41) is 7.68. The Kier molecular flexibility index (Phi) is 6.47. The predicted octanol–water partition coefficient (Wildman–Crippen LogP) is 5.82. The van der Waals surface area contributed by atoms with Gasteiger partial charge in [-0.05, 0) is 64.7 Å². The summed E-state index contributed by atoms with van der Waals surface area (Å²) in [5.41, 5.74) is 2.60. The van der Waals surface area contributed by atoms with E-state index in [1.807, 2.05) is 11.5 Å². The average Bonchev–Trinajstić information content (AvgIpc) is 3.38. The molecular formula is C25H22ClFN2O2S2. The molecule has 2 aliphatic heterocycles. The summed E-state index contributed by atoms with van der Waals surface area (Å²) in [6.45, 7) is 3.22. The van der Waals surface area contributed by atoms with E-state index in [9.17, 15) is 9.18 Å². The summed E-state index contributed by atoms with van der Waals surface area (Å²) in [6, 6.07) is 14.7. The number of nitrogens with zero attached hydrogens (tertiary/aromatic N) is 1. The Morgan fingerprint density at radius 2 is 1.88 bits per heavy atom. The van der Waals surface area contributed by atoms with Crippen molar-refractivity contribution in [1.29, 1.82) is 0 Å². The second-order valence-corrected chi connectivity index (χ2v) is 10.2. The zero-order valence-electron chi connectivity index (χ0n) is 17.7. The largest absolute Gasteiger partial charge is 0.378 e. The lowest BCUT2D eigenvalue weighted by Crippen LogP contribution is -2.49. The van der Waals surface area contributed by atoms with Crippen LogP contribution in [0.1, 0.15) is 17.5 Å². The molecule has 3 heterocycles. The maximum Gasteiger partial charge on any atom is 0.258 e. The first-order chi connectivity index (χ1) is 16.0. The molecule has 2 aliphatic rings. The zero-order valence-corrected chi connectivity index (χ0v) is 20.1. The van der Waals surface area contributed by atoms with Crippen LogP contribution < -0.4 is 10.2 Å². The first-order valence-corrected chi connectivity index (χ1v) is 12.8. The summed E-state index contributed by atoms with van der Waals surface area (Å²) in [6.07, 6.45) is 2.56. The number of benzene rings is 2. The second-order valence-electron chi connectivity index (χ2n) is 7.97. The molecule has 0 spiro atoms. The minimum absolute atomic E-state index is 0.171. The fourth-order valence-electron chi connectivity index (χ4n) is 4.24. The molecule has 0 aliphatic carbocycles. The van der Waals surface area contributed by atoms with Crippen molar-refractivity contribution in [3.63, 3.8) is 0 Å². The highest BCUT2D eigenvalue weighted by molar-refractivity contribution is 8.04. The van der Waals surface area contributed by atoms with Crippen LogP contribution in [0.4, 0.5) is 10.1 Å². The third kappa shape index (κ3) is 4.55. The van der Waals surface area contributed by atoms with Crippen LogP contribution in [0.5, 0.6) is 0 Å². The number of thiophene rings is 1. The summed E-state index contributed by atoms with van der Waals surface area (Å²) in [4.78, 5) is 16.8. The van der Waals surface area contributed by atoms with E-state index < -0.39 is 11.4 Å². The van der Waals surface area contributed by atoms with Crippen molar-refractivity contribution in [3.8, 4) is 0 Å². The Labute approximate surface area is 205 Å². The van der Waals surface area contributed by atoms with Crippen LogP contribution in [0.25, 0.3) is 0 Å². The number of halogens is 2. The van der Waals surface area contributed by atoms with Gasteiger partial charge in [-0.2, -0.15) is 11.3 Å². The number of ether oxygens (including phenoxy) is 1. The third-order valence-electron chi connectivity index (χ3n) is 6.01. The van der Waals surface area contributed by atoms with Crippen LogP contribution in [-0.4, -0.2) is 32.2 Å². The van der Waals surface area contributed by atoms with Gasteiger partial charge in [0.05, 0.1) is 28.7 Å². The van der Waals surface area contributed by atoms with E-state index in [1.54, 1.807) is 17.4 Å². The molecule has 1 N–H and O–H groups in total. The molecule has 1 fully saturated rings. The molecule has 1 unspecified atom stereocenters. The maximum atomic E-state index is 13.4. The average molecular weight is 501 g/mol. The van der Waals surface area contributed by atoms with Crippen molar-refractivity contribution < 1.29 is 13.9 Å². The van der Waals surface area contributed by atoms with Crippen LogP contribution in [0.15, 0.2) is 75.2 Å². The topological polar surface area (TPSA) is 41.6 Å². The summed E-state index contributed by atoms with van der Waals surface area (Å²) in [7, 11) is 0. The van der Waals surface area contributed by atoms with Gasteiger partial charge in [-0.15, -0.1) is 0 Å². The maximum absolute atomic E-state index is 13.4. The number of morpholine rings is 1. The van der Waals surface area contributed by atoms with Crippen LogP contribution in [0, 0.1) is 5.82 Å². The summed E-state index contributed by atoms with van der Waals surface area (Å²) < 4.78 is 18.9. The van der Waals surface area contributed by atoms with Gasteiger partial charge in [0.2, 0.25) is 0 Å². The molecule has 1 saturated heterocycles. The molecule has 4 nitrogen and oxygen atoms in total. The smallest absolute Gasteiger partial charge is 0.258 e. The van der Waals surface area contributed by atoms with Gasteiger partial charge in [-0.25, -0.2) is 4.39 Å². The molecule has 2 aromatic carbocycles. The fourth-order valence-corrected chi connectivity index (χ4v) is 6.09. The Morgan fingerprint density at radius 1 is 1.09 bits per heavy atom. The van der Waals surface area contributed by atoms with E-state index in [0.29, 0.717) is 21.2 Å². The second kappa shape index (κ2) is 9.50. The van der Waals surface area contributed by atoms with Crippen molar-refractivity contribution in [1.82, 2.24) is 5.32 Å². The highest BCUT2D eigenvalue weighted by atomic mass is 35.5. The summed E-state index contributed by atoms with van der Waals surface area (Å²) in [5.74, 6) is -0.571. The molecule has 0 saturated carbocycles. The van der Waals surface area contributed by atoms with Gasteiger partial charge in [0.25, 0.3) is 5.91 Å². The minimum Gasteiger partial charge on any atom is -0.378 e. The molecule has 5 rings (SSSR count). The number of nitrogens with one attached hydrogen (secondary N) is 1. The first-order valence-electron chi connectivity index (χ1n) is 10.7. The van der Waals surface area contributed by atoms with E-state index in [1.165, 1.54) is 23.9 Å². The van der Waals surface area contributed by atoms with Gasteiger partial charge in [0.1, 0.15) is 5.82 Å². The van der Waals surface area contributed by atoms with Crippen LogP contribution in [-0.2, 0) is 15.1 Å². The molecular weight excluding hydrogens is 479 g/mol.